The van der Waals surface area contributed by atoms with Crippen LogP contribution < -0.4 is 0 Å². The zero-order valence-corrected chi connectivity index (χ0v) is 10.6. The maximum absolute atomic E-state index is 5.26. The Kier molecular flexibility index (Phi) is 3.16. The van der Waals surface area contributed by atoms with E-state index in [0.717, 1.165) is 37.0 Å². The third-order valence-electron chi connectivity index (χ3n) is 3.73. The lowest BCUT2D eigenvalue weighted by molar-refractivity contribution is 0.115. The third-order valence-corrected chi connectivity index (χ3v) is 3.73. The van der Waals surface area contributed by atoms with Gasteiger partial charge in [-0.2, -0.15) is 0 Å². The predicted octanol–water partition coefficient (Wildman–Crippen LogP) is 1.51. The van der Waals surface area contributed by atoms with Crippen molar-refractivity contribution in [3.8, 4) is 0 Å². The molecule has 1 saturated heterocycles. The monoisotopic (exact) mass is 235 g/mol. The van der Waals surface area contributed by atoms with Crippen molar-refractivity contribution in [1.82, 2.24) is 15.0 Å². The van der Waals surface area contributed by atoms with E-state index >= 15 is 0 Å². The molecule has 0 amide bonds. The lowest BCUT2D eigenvalue weighted by Gasteiger charge is -2.34. The topological polar surface area (TPSA) is 32.5 Å². The van der Waals surface area contributed by atoms with Gasteiger partial charge in [-0.15, -0.1) is 0 Å². The quantitative estimate of drug-likeness (QED) is 0.792. The van der Waals surface area contributed by atoms with E-state index in [1.165, 1.54) is 32.5 Å². The molecule has 1 aromatic rings. The van der Waals surface area contributed by atoms with Gasteiger partial charge in [-0.1, -0.05) is 5.16 Å². The number of hydrogen-bond acceptors (Lipinski definition) is 4. The van der Waals surface area contributed by atoms with Crippen molar-refractivity contribution in [2.45, 2.75) is 26.3 Å². The van der Waals surface area contributed by atoms with Crippen molar-refractivity contribution in [3.63, 3.8) is 0 Å². The minimum atomic E-state index is 0.915. The number of aryl methyl sites for hydroxylation is 1. The van der Waals surface area contributed by atoms with Crippen LogP contribution in [0.25, 0.3) is 0 Å². The summed E-state index contributed by atoms with van der Waals surface area (Å²) in [5.41, 5.74) is 0.979. The second kappa shape index (κ2) is 4.78. The minimum Gasteiger partial charge on any atom is -0.360 e. The molecule has 2 heterocycles. The molecule has 1 aliphatic carbocycles. The van der Waals surface area contributed by atoms with E-state index in [9.17, 15) is 0 Å². The van der Waals surface area contributed by atoms with E-state index < -0.39 is 0 Å². The van der Waals surface area contributed by atoms with Crippen LogP contribution in [-0.4, -0.2) is 47.7 Å². The van der Waals surface area contributed by atoms with Crippen molar-refractivity contribution >= 4 is 0 Å². The molecule has 1 aliphatic heterocycles. The van der Waals surface area contributed by atoms with E-state index in [4.69, 9.17) is 4.52 Å². The molecule has 3 rings (SSSR count). The molecule has 1 saturated carbocycles. The molecule has 0 aromatic carbocycles. The number of piperazine rings is 1. The van der Waals surface area contributed by atoms with Gasteiger partial charge >= 0.3 is 0 Å². The standard InChI is InChI=1S/C13H21N3O/c1-11-8-13(17-14-11)10-16-6-4-15(5-7-16)9-12-2-3-12/h8,12H,2-7,9-10H2,1H3. The third kappa shape index (κ3) is 3.07. The van der Waals surface area contributed by atoms with E-state index in [-0.39, 0.29) is 0 Å². The summed E-state index contributed by atoms with van der Waals surface area (Å²) in [6, 6.07) is 2.04. The van der Waals surface area contributed by atoms with Gasteiger partial charge in [0.25, 0.3) is 0 Å². The maximum Gasteiger partial charge on any atom is 0.150 e. The molecule has 0 bridgehead atoms. The first kappa shape index (κ1) is 11.2. The van der Waals surface area contributed by atoms with Crippen molar-refractivity contribution in [3.05, 3.63) is 17.5 Å². The van der Waals surface area contributed by atoms with Gasteiger partial charge in [-0.05, 0) is 25.7 Å². The summed E-state index contributed by atoms with van der Waals surface area (Å²) in [5.74, 6) is 2.01. The molecule has 17 heavy (non-hydrogen) atoms. The van der Waals surface area contributed by atoms with Crippen LogP contribution in [0.15, 0.2) is 10.6 Å². The summed E-state index contributed by atoms with van der Waals surface area (Å²) in [5, 5.41) is 3.93. The number of aromatic nitrogens is 1. The summed E-state index contributed by atoms with van der Waals surface area (Å²) < 4.78 is 5.26. The fourth-order valence-corrected chi connectivity index (χ4v) is 2.51. The molecular formula is C13H21N3O. The molecule has 0 N–H and O–H groups in total. The summed E-state index contributed by atoms with van der Waals surface area (Å²) in [7, 11) is 0. The highest BCUT2D eigenvalue weighted by Gasteiger charge is 2.26. The van der Waals surface area contributed by atoms with Crippen LogP contribution in [-0.2, 0) is 6.54 Å². The van der Waals surface area contributed by atoms with Crippen molar-refractivity contribution in [2.24, 2.45) is 5.92 Å². The van der Waals surface area contributed by atoms with Crippen LogP contribution in [0.2, 0.25) is 0 Å². The lowest BCUT2D eigenvalue weighted by atomic mass is 10.2. The van der Waals surface area contributed by atoms with Gasteiger partial charge in [-0.25, -0.2) is 0 Å². The highest BCUT2D eigenvalue weighted by molar-refractivity contribution is 5.03. The van der Waals surface area contributed by atoms with Crippen molar-refractivity contribution in [2.75, 3.05) is 32.7 Å². The Labute approximate surface area is 103 Å². The minimum absolute atomic E-state index is 0.915. The predicted molar refractivity (Wildman–Crippen MR) is 65.7 cm³/mol. The second-order valence-corrected chi connectivity index (χ2v) is 5.45. The molecule has 4 heteroatoms. The Morgan fingerprint density at radius 2 is 1.94 bits per heavy atom. The highest BCUT2D eigenvalue weighted by atomic mass is 16.5. The number of rotatable bonds is 4. The van der Waals surface area contributed by atoms with E-state index in [1.54, 1.807) is 0 Å². The van der Waals surface area contributed by atoms with E-state index in [0.29, 0.717) is 0 Å². The SMILES string of the molecule is Cc1cc(CN2CCN(CC3CC3)CC2)on1. The van der Waals surface area contributed by atoms with Gasteiger partial charge in [0, 0.05) is 38.8 Å². The molecular weight excluding hydrogens is 214 g/mol. The Balaban J connectivity index is 1.44. The Morgan fingerprint density at radius 1 is 1.24 bits per heavy atom. The van der Waals surface area contributed by atoms with Crippen LogP contribution in [0, 0.1) is 12.8 Å². The Morgan fingerprint density at radius 3 is 2.53 bits per heavy atom. The molecule has 94 valence electrons. The zero-order valence-electron chi connectivity index (χ0n) is 10.6. The fraction of sp³-hybridized carbons (Fsp3) is 0.769. The van der Waals surface area contributed by atoms with Crippen molar-refractivity contribution < 1.29 is 4.52 Å². The van der Waals surface area contributed by atoms with Crippen molar-refractivity contribution in [1.29, 1.82) is 0 Å². The second-order valence-electron chi connectivity index (χ2n) is 5.45. The van der Waals surface area contributed by atoms with Gasteiger partial charge < -0.3 is 9.42 Å². The first-order valence-corrected chi connectivity index (χ1v) is 6.66. The molecule has 0 spiro atoms. The van der Waals surface area contributed by atoms with E-state index in [1.807, 2.05) is 13.0 Å². The molecule has 2 fully saturated rings. The first-order valence-electron chi connectivity index (χ1n) is 6.66. The Bertz CT molecular complexity index is 364. The molecule has 0 atom stereocenters. The van der Waals surface area contributed by atoms with Crippen LogP contribution in [0.4, 0.5) is 0 Å². The summed E-state index contributed by atoms with van der Waals surface area (Å²) in [6.45, 7) is 8.96. The van der Waals surface area contributed by atoms with Gasteiger partial charge in [0.05, 0.1) is 12.2 Å². The molecule has 2 aliphatic rings. The lowest BCUT2D eigenvalue weighted by Crippen LogP contribution is -2.46. The largest absolute Gasteiger partial charge is 0.360 e. The summed E-state index contributed by atoms with van der Waals surface area (Å²) in [6.07, 6.45) is 2.91. The van der Waals surface area contributed by atoms with Crippen LogP contribution in [0.5, 0.6) is 0 Å². The molecule has 4 nitrogen and oxygen atoms in total. The van der Waals surface area contributed by atoms with Gasteiger partial charge in [0.2, 0.25) is 0 Å². The van der Waals surface area contributed by atoms with Gasteiger partial charge in [0.1, 0.15) is 0 Å². The van der Waals surface area contributed by atoms with Crippen LogP contribution in [0.3, 0.4) is 0 Å². The molecule has 1 aromatic heterocycles. The Hall–Kier alpha value is -0.870. The average molecular weight is 235 g/mol. The molecule has 0 unspecified atom stereocenters. The zero-order chi connectivity index (χ0) is 11.7. The maximum atomic E-state index is 5.26. The smallest absolute Gasteiger partial charge is 0.150 e. The summed E-state index contributed by atoms with van der Waals surface area (Å²) >= 11 is 0. The van der Waals surface area contributed by atoms with Crippen LogP contribution in [0.1, 0.15) is 24.3 Å². The van der Waals surface area contributed by atoms with E-state index in [2.05, 4.69) is 15.0 Å². The highest BCUT2D eigenvalue weighted by Crippen LogP contribution is 2.29. The summed E-state index contributed by atoms with van der Waals surface area (Å²) in [4.78, 5) is 5.07. The fourth-order valence-electron chi connectivity index (χ4n) is 2.51. The first-order chi connectivity index (χ1) is 8.29. The van der Waals surface area contributed by atoms with Crippen LogP contribution >= 0.6 is 0 Å². The number of nitrogens with zero attached hydrogens (tertiary/aromatic N) is 3. The van der Waals surface area contributed by atoms with Gasteiger partial charge in [-0.3, -0.25) is 4.90 Å². The number of hydrogen-bond donors (Lipinski definition) is 0. The normalized spacial score (nSPS) is 23.1. The average Bonchev–Trinajstić information content (AvgIpc) is 3.04. The van der Waals surface area contributed by atoms with Gasteiger partial charge in [0.15, 0.2) is 5.76 Å². The molecule has 0 radical (unpaired) electrons.